The van der Waals surface area contributed by atoms with E-state index in [-0.39, 0.29) is 0 Å². The lowest BCUT2D eigenvalue weighted by atomic mass is 10.1. The summed E-state index contributed by atoms with van der Waals surface area (Å²) in [7, 11) is 0. The van der Waals surface area contributed by atoms with Crippen LogP contribution < -0.4 is 0 Å². The van der Waals surface area contributed by atoms with E-state index < -0.39 is 0 Å². The van der Waals surface area contributed by atoms with E-state index in [1.165, 1.54) is 11.3 Å². The first-order chi connectivity index (χ1) is 13.3. The van der Waals surface area contributed by atoms with Crippen LogP contribution in [-0.4, -0.2) is 21.4 Å². The molecule has 0 fully saturated rings. The number of nitrogens with zero attached hydrogens (tertiary/aromatic N) is 3. The van der Waals surface area contributed by atoms with Crippen molar-refractivity contribution in [3.05, 3.63) is 71.7 Å². The van der Waals surface area contributed by atoms with Crippen LogP contribution in [0.4, 0.5) is 0 Å². The molecule has 0 saturated carbocycles. The Balaban J connectivity index is 1.81. The monoisotopic (exact) mass is 377 g/mol. The molecule has 0 radical (unpaired) electrons. The van der Waals surface area contributed by atoms with Gasteiger partial charge in [-0.3, -0.25) is 0 Å². The number of hydrogen-bond donors (Lipinski definition) is 0. The van der Waals surface area contributed by atoms with Crippen LogP contribution in [0.5, 0.6) is 0 Å². The Morgan fingerprint density at radius 2 is 2.00 bits per heavy atom. The Labute approximate surface area is 161 Å². The quantitative estimate of drug-likeness (QED) is 0.250. The molecule has 27 heavy (non-hydrogen) atoms. The first kappa shape index (κ1) is 17.6. The van der Waals surface area contributed by atoms with Gasteiger partial charge in [0.1, 0.15) is 12.3 Å². The van der Waals surface area contributed by atoms with Gasteiger partial charge in [0.2, 0.25) is 5.13 Å². The predicted octanol–water partition coefficient (Wildman–Crippen LogP) is 5.26. The molecule has 2 aromatic carbocycles. The van der Waals surface area contributed by atoms with Gasteiger partial charge in [0.25, 0.3) is 0 Å². The standard InChI is InChI=1S/C21H19N3O2S/c1-3-15-10-11-18-19(12-15)24(23-20(18)16-8-6-5-7-9-16)21-22-17(14-27-21)13-26-25-4-2/h3,5-12,14H,1,4,13H2,2H3. The van der Waals surface area contributed by atoms with Crippen molar-refractivity contribution in [3.63, 3.8) is 0 Å². The molecule has 0 unspecified atom stereocenters. The molecule has 4 aromatic rings. The van der Waals surface area contributed by atoms with Crippen molar-refractivity contribution in [3.8, 4) is 16.4 Å². The fourth-order valence-corrected chi connectivity index (χ4v) is 3.63. The summed E-state index contributed by atoms with van der Waals surface area (Å²) >= 11 is 1.53. The van der Waals surface area contributed by atoms with Crippen molar-refractivity contribution in [1.29, 1.82) is 0 Å². The first-order valence-electron chi connectivity index (χ1n) is 8.70. The van der Waals surface area contributed by atoms with E-state index in [0.717, 1.165) is 38.5 Å². The SMILES string of the molecule is C=Cc1ccc2c(-c3ccccc3)nn(-c3nc(COOCC)cs3)c2c1. The Bertz CT molecular complexity index is 1070. The predicted molar refractivity (Wildman–Crippen MR) is 109 cm³/mol. The molecule has 136 valence electrons. The van der Waals surface area contributed by atoms with Gasteiger partial charge in [-0.15, -0.1) is 11.3 Å². The topological polar surface area (TPSA) is 49.2 Å². The smallest absolute Gasteiger partial charge is 0.211 e. The largest absolute Gasteiger partial charge is 0.237 e. The van der Waals surface area contributed by atoms with Crippen LogP contribution >= 0.6 is 11.3 Å². The number of thiazole rings is 1. The minimum absolute atomic E-state index is 0.312. The number of rotatable bonds is 7. The zero-order chi connectivity index (χ0) is 18.6. The maximum absolute atomic E-state index is 5.12. The fraction of sp³-hybridized carbons (Fsp3) is 0.143. The number of benzene rings is 2. The molecule has 0 atom stereocenters. The van der Waals surface area contributed by atoms with Crippen molar-refractivity contribution in [2.75, 3.05) is 6.61 Å². The van der Waals surface area contributed by atoms with E-state index in [9.17, 15) is 0 Å². The summed E-state index contributed by atoms with van der Waals surface area (Å²) in [5.74, 6) is 0. The lowest BCUT2D eigenvalue weighted by Gasteiger charge is -2.00. The summed E-state index contributed by atoms with van der Waals surface area (Å²) in [6.07, 6.45) is 1.84. The number of aromatic nitrogens is 3. The number of fused-ring (bicyclic) bond motifs is 1. The van der Waals surface area contributed by atoms with Crippen LogP contribution in [-0.2, 0) is 16.4 Å². The van der Waals surface area contributed by atoms with Gasteiger partial charge in [0.05, 0.1) is 17.8 Å². The molecule has 0 N–H and O–H groups in total. The van der Waals surface area contributed by atoms with E-state index >= 15 is 0 Å². The summed E-state index contributed by atoms with van der Waals surface area (Å²) in [6, 6.07) is 16.4. The van der Waals surface area contributed by atoms with Gasteiger partial charge in [0.15, 0.2) is 0 Å². The van der Waals surface area contributed by atoms with E-state index in [0.29, 0.717) is 13.2 Å². The van der Waals surface area contributed by atoms with Crippen molar-refractivity contribution in [2.24, 2.45) is 0 Å². The molecule has 0 aliphatic rings. The highest BCUT2D eigenvalue weighted by molar-refractivity contribution is 7.12. The van der Waals surface area contributed by atoms with Gasteiger partial charge in [-0.2, -0.15) is 5.10 Å². The summed E-state index contributed by atoms with van der Waals surface area (Å²) < 4.78 is 1.89. The maximum Gasteiger partial charge on any atom is 0.211 e. The van der Waals surface area contributed by atoms with Crippen LogP contribution in [0.1, 0.15) is 18.2 Å². The van der Waals surface area contributed by atoms with E-state index in [1.807, 2.05) is 41.3 Å². The highest BCUT2D eigenvalue weighted by Crippen LogP contribution is 2.31. The molecule has 2 aromatic heterocycles. The van der Waals surface area contributed by atoms with Gasteiger partial charge in [-0.25, -0.2) is 19.4 Å². The second-order valence-corrected chi connectivity index (χ2v) is 6.73. The summed E-state index contributed by atoms with van der Waals surface area (Å²) in [5.41, 5.74) is 4.86. The van der Waals surface area contributed by atoms with Gasteiger partial charge >= 0.3 is 0 Å². The molecule has 0 aliphatic carbocycles. The minimum atomic E-state index is 0.312. The second-order valence-electron chi connectivity index (χ2n) is 5.90. The van der Waals surface area contributed by atoms with Crippen LogP contribution in [0.3, 0.4) is 0 Å². The van der Waals surface area contributed by atoms with Gasteiger partial charge < -0.3 is 0 Å². The number of hydrogen-bond acceptors (Lipinski definition) is 5. The Hall–Kier alpha value is -2.80. The molecule has 6 heteroatoms. The molecule has 2 heterocycles. The van der Waals surface area contributed by atoms with Gasteiger partial charge in [0, 0.05) is 16.3 Å². The van der Waals surface area contributed by atoms with E-state index in [4.69, 9.17) is 14.9 Å². The molecule has 4 rings (SSSR count). The van der Waals surface area contributed by atoms with Gasteiger partial charge in [-0.05, 0) is 24.6 Å². The third-order valence-electron chi connectivity index (χ3n) is 4.12. The molecule has 0 amide bonds. The average molecular weight is 377 g/mol. The maximum atomic E-state index is 5.12. The lowest BCUT2D eigenvalue weighted by molar-refractivity contribution is -0.301. The Morgan fingerprint density at radius 1 is 1.15 bits per heavy atom. The van der Waals surface area contributed by atoms with E-state index in [2.05, 4.69) is 41.9 Å². The fourth-order valence-electron chi connectivity index (χ4n) is 2.86. The molecular formula is C21H19N3O2S. The molecule has 5 nitrogen and oxygen atoms in total. The second kappa shape index (κ2) is 7.84. The summed E-state index contributed by atoms with van der Waals surface area (Å²) in [5, 5.41) is 8.70. The van der Waals surface area contributed by atoms with Gasteiger partial charge in [-0.1, -0.05) is 49.1 Å². The van der Waals surface area contributed by atoms with Crippen molar-refractivity contribution >= 4 is 28.3 Å². The molecular weight excluding hydrogens is 358 g/mol. The zero-order valence-electron chi connectivity index (χ0n) is 15.0. The molecule has 0 saturated heterocycles. The van der Waals surface area contributed by atoms with Crippen LogP contribution in [0.2, 0.25) is 0 Å². The zero-order valence-corrected chi connectivity index (χ0v) is 15.8. The van der Waals surface area contributed by atoms with Crippen molar-refractivity contribution in [2.45, 2.75) is 13.5 Å². The Morgan fingerprint density at radius 3 is 2.78 bits per heavy atom. The van der Waals surface area contributed by atoms with E-state index in [1.54, 1.807) is 0 Å². The highest BCUT2D eigenvalue weighted by Gasteiger charge is 2.16. The summed E-state index contributed by atoms with van der Waals surface area (Å²) in [4.78, 5) is 14.7. The molecule has 0 aliphatic heterocycles. The van der Waals surface area contributed by atoms with Crippen LogP contribution in [0.25, 0.3) is 33.4 Å². The summed E-state index contributed by atoms with van der Waals surface area (Å²) in [6.45, 7) is 6.58. The first-order valence-corrected chi connectivity index (χ1v) is 9.58. The third kappa shape index (κ3) is 3.55. The lowest BCUT2D eigenvalue weighted by Crippen LogP contribution is -1.98. The Kier molecular flexibility index (Phi) is 5.11. The van der Waals surface area contributed by atoms with Crippen LogP contribution in [0, 0.1) is 0 Å². The van der Waals surface area contributed by atoms with Crippen molar-refractivity contribution in [1.82, 2.24) is 14.8 Å². The third-order valence-corrected chi connectivity index (χ3v) is 4.98. The normalized spacial score (nSPS) is 11.1. The van der Waals surface area contributed by atoms with Crippen molar-refractivity contribution < 1.29 is 9.78 Å². The highest BCUT2D eigenvalue weighted by atomic mass is 32.1. The van der Waals surface area contributed by atoms with Crippen LogP contribution in [0.15, 0.2) is 60.5 Å². The average Bonchev–Trinajstić information content (AvgIpc) is 3.33. The molecule has 0 bridgehead atoms. The minimum Gasteiger partial charge on any atom is -0.237 e. The molecule has 0 spiro atoms.